The van der Waals surface area contributed by atoms with Crippen molar-refractivity contribution in [2.75, 3.05) is 44.3 Å². The molecule has 3 aromatic rings. The van der Waals surface area contributed by atoms with Gasteiger partial charge in [-0.2, -0.15) is 0 Å². The minimum absolute atomic E-state index is 0.118. The summed E-state index contributed by atoms with van der Waals surface area (Å²) in [6.07, 6.45) is 4.78. The quantitative estimate of drug-likeness (QED) is 0.479. The smallest absolute Gasteiger partial charge is 0.219 e. The first kappa shape index (κ1) is 24.5. The second-order valence-corrected chi connectivity index (χ2v) is 9.37. The highest BCUT2D eigenvalue weighted by molar-refractivity contribution is 6.31. The lowest BCUT2D eigenvalue weighted by Crippen LogP contribution is -2.48. The van der Waals surface area contributed by atoms with Crippen molar-refractivity contribution in [2.45, 2.75) is 25.4 Å². The predicted octanol–water partition coefficient (Wildman–Crippen LogP) is 3.69. The van der Waals surface area contributed by atoms with Crippen LogP contribution in [0, 0.1) is 5.82 Å². The molecule has 2 saturated heterocycles. The zero-order valence-corrected chi connectivity index (χ0v) is 20.7. The van der Waals surface area contributed by atoms with Crippen molar-refractivity contribution in [2.24, 2.45) is 0 Å². The molecule has 0 N–H and O–H groups in total. The first-order chi connectivity index (χ1) is 17.4. The van der Waals surface area contributed by atoms with E-state index in [4.69, 9.17) is 25.8 Å². The van der Waals surface area contributed by atoms with Crippen LogP contribution in [0.15, 0.2) is 61.2 Å². The highest BCUT2D eigenvalue weighted by atomic mass is 35.5. The van der Waals surface area contributed by atoms with E-state index in [-0.39, 0.29) is 23.6 Å². The molecule has 0 saturated carbocycles. The van der Waals surface area contributed by atoms with E-state index < -0.39 is 11.6 Å². The topological polar surface area (TPSA) is 69.1 Å². The minimum Gasteiger partial charge on any atom is -0.491 e. The summed E-state index contributed by atoms with van der Waals surface area (Å²) < 4.78 is 34.0. The van der Waals surface area contributed by atoms with Crippen molar-refractivity contribution >= 4 is 23.2 Å². The fourth-order valence-corrected chi connectivity index (χ4v) is 4.91. The van der Waals surface area contributed by atoms with Crippen molar-refractivity contribution in [3.8, 4) is 5.75 Å². The summed E-state index contributed by atoms with van der Waals surface area (Å²) >= 11 is 6.38. The number of amides is 1. The van der Waals surface area contributed by atoms with Crippen molar-refractivity contribution < 1.29 is 23.4 Å². The third kappa shape index (κ3) is 5.33. The molecule has 2 unspecified atom stereocenters. The van der Waals surface area contributed by atoms with Gasteiger partial charge >= 0.3 is 0 Å². The molecule has 0 spiro atoms. The van der Waals surface area contributed by atoms with Crippen LogP contribution in [0.1, 0.15) is 12.5 Å². The van der Waals surface area contributed by atoms with Gasteiger partial charge in [0.25, 0.3) is 0 Å². The lowest BCUT2D eigenvalue weighted by Gasteiger charge is -2.35. The Balaban J connectivity index is 1.22. The van der Waals surface area contributed by atoms with Crippen LogP contribution >= 0.6 is 11.6 Å². The highest BCUT2D eigenvalue weighted by Crippen LogP contribution is 2.40. The highest BCUT2D eigenvalue weighted by Gasteiger charge is 2.45. The Hall–Kier alpha value is -3.14. The van der Waals surface area contributed by atoms with Gasteiger partial charge in [0.2, 0.25) is 11.7 Å². The number of aromatic nitrogens is 2. The molecular formula is C26H28ClFN4O4. The van der Waals surface area contributed by atoms with Crippen LogP contribution in [0.2, 0.25) is 5.02 Å². The third-order valence-electron chi connectivity index (χ3n) is 6.51. The first-order valence-electron chi connectivity index (χ1n) is 11.9. The van der Waals surface area contributed by atoms with Crippen LogP contribution in [0.5, 0.6) is 5.75 Å². The summed E-state index contributed by atoms with van der Waals surface area (Å²) in [7, 11) is 0. The van der Waals surface area contributed by atoms with Crippen molar-refractivity contribution in [1.29, 1.82) is 0 Å². The molecule has 2 aliphatic heterocycles. The maximum absolute atomic E-state index is 13.7. The average Bonchev–Trinajstić information content (AvgIpc) is 3.54. The van der Waals surface area contributed by atoms with E-state index in [1.54, 1.807) is 31.7 Å². The molecular weight excluding hydrogens is 487 g/mol. The van der Waals surface area contributed by atoms with Gasteiger partial charge in [-0.05, 0) is 42.5 Å². The Labute approximate surface area is 214 Å². The Morgan fingerprint density at radius 3 is 2.64 bits per heavy atom. The maximum atomic E-state index is 13.7. The SMILES string of the molecule is CC(=O)N1CCN(c2ccc(OCC3COC(Cn4ccnc4)(c4ccc(F)cc4Cl)O3)cc2)CC1. The van der Waals surface area contributed by atoms with Crippen molar-refractivity contribution in [1.82, 2.24) is 14.5 Å². The van der Waals surface area contributed by atoms with E-state index in [0.29, 0.717) is 18.7 Å². The first-order valence-corrected chi connectivity index (χ1v) is 12.3. The maximum Gasteiger partial charge on any atom is 0.219 e. The summed E-state index contributed by atoms with van der Waals surface area (Å²) in [4.78, 5) is 19.8. The summed E-state index contributed by atoms with van der Waals surface area (Å²) in [6, 6.07) is 12.1. The Kier molecular flexibility index (Phi) is 7.13. The van der Waals surface area contributed by atoms with Crippen LogP contribution in [-0.2, 0) is 26.6 Å². The van der Waals surface area contributed by atoms with Crippen LogP contribution < -0.4 is 9.64 Å². The molecule has 2 fully saturated rings. The second kappa shape index (κ2) is 10.5. The number of imidazole rings is 1. The van der Waals surface area contributed by atoms with Gasteiger partial charge in [0.15, 0.2) is 0 Å². The summed E-state index contributed by atoms with van der Waals surface area (Å²) in [6.45, 7) is 5.55. The Morgan fingerprint density at radius 1 is 1.19 bits per heavy atom. The normalized spacial score (nSPS) is 22.1. The number of rotatable bonds is 7. The van der Waals surface area contributed by atoms with Gasteiger partial charge < -0.3 is 28.6 Å². The van der Waals surface area contributed by atoms with Crippen LogP contribution in [0.25, 0.3) is 0 Å². The standard InChI is InChI=1S/C26H28ClFN4O4/c1-19(33)31-10-12-32(13-11-31)21-3-5-22(6-4-21)34-15-23-16-35-26(36-23,17-30-9-8-29-18-30)24-7-2-20(28)14-25(24)27/h2-9,14,18,23H,10-13,15-17H2,1H3. The van der Waals surface area contributed by atoms with Gasteiger partial charge in [-0.15, -0.1) is 0 Å². The molecule has 1 aromatic heterocycles. The number of carbonyl (C=O) groups is 1. The molecule has 8 nitrogen and oxygen atoms in total. The van der Waals surface area contributed by atoms with Gasteiger partial charge in [-0.1, -0.05) is 11.6 Å². The molecule has 2 aliphatic rings. The molecule has 2 aromatic carbocycles. The monoisotopic (exact) mass is 514 g/mol. The van der Waals surface area contributed by atoms with E-state index in [9.17, 15) is 9.18 Å². The van der Waals surface area contributed by atoms with E-state index in [2.05, 4.69) is 9.88 Å². The molecule has 0 bridgehead atoms. The van der Waals surface area contributed by atoms with E-state index in [0.717, 1.165) is 37.6 Å². The Morgan fingerprint density at radius 2 is 1.97 bits per heavy atom. The third-order valence-corrected chi connectivity index (χ3v) is 6.83. The Bertz CT molecular complexity index is 1190. The number of nitrogens with zero attached hydrogens (tertiary/aromatic N) is 4. The number of hydrogen-bond acceptors (Lipinski definition) is 6. The summed E-state index contributed by atoms with van der Waals surface area (Å²) in [5.41, 5.74) is 1.65. The lowest BCUT2D eigenvalue weighted by atomic mass is 10.1. The molecule has 36 heavy (non-hydrogen) atoms. The molecule has 1 amide bonds. The lowest BCUT2D eigenvalue weighted by molar-refractivity contribution is -0.189. The molecule has 5 rings (SSSR count). The fourth-order valence-electron chi connectivity index (χ4n) is 4.60. The van der Waals surface area contributed by atoms with E-state index in [1.807, 2.05) is 33.7 Å². The van der Waals surface area contributed by atoms with Crippen LogP contribution in [-0.4, -0.2) is 65.9 Å². The molecule has 0 aliphatic carbocycles. The van der Waals surface area contributed by atoms with Gasteiger partial charge in [-0.25, -0.2) is 9.37 Å². The largest absolute Gasteiger partial charge is 0.491 e. The molecule has 0 radical (unpaired) electrons. The zero-order chi connectivity index (χ0) is 25.1. The second-order valence-electron chi connectivity index (χ2n) is 8.96. The number of ether oxygens (including phenoxy) is 3. The molecule has 3 heterocycles. The average molecular weight is 515 g/mol. The number of carbonyl (C=O) groups excluding carboxylic acids is 1. The van der Waals surface area contributed by atoms with Crippen LogP contribution in [0.3, 0.4) is 0 Å². The van der Waals surface area contributed by atoms with Gasteiger partial charge in [0.1, 0.15) is 24.3 Å². The van der Waals surface area contributed by atoms with Gasteiger partial charge in [0.05, 0.1) is 24.5 Å². The van der Waals surface area contributed by atoms with E-state index in [1.165, 1.54) is 12.1 Å². The number of hydrogen-bond donors (Lipinski definition) is 0. The van der Waals surface area contributed by atoms with E-state index >= 15 is 0 Å². The molecule has 2 atom stereocenters. The summed E-state index contributed by atoms with van der Waals surface area (Å²) in [5, 5.41) is 0.233. The summed E-state index contributed by atoms with van der Waals surface area (Å²) in [5.74, 6) is -0.779. The minimum atomic E-state index is -1.19. The number of halogens is 2. The number of benzene rings is 2. The predicted molar refractivity (Wildman–Crippen MR) is 133 cm³/mol. The number of piperazine rings is 1. The van der Waals surface area contributed by atoms with Gasteiger partial charge in [-0.3, -0.25) is 4.79 Å². The molecule has 10 heteroatoms. The van der Waals surface area contributed by atoms with Crippen LogP contribution in [0.4, 0.5) is 10.1 Å². The number of anilines is 1. The van der Waals surface area contributed by atoms with Crippen molar-refractivity contribution in [3.63, 3.8) is 0 Å². The zero-order valence-electron chi connectivity index (χ0n) is 20.0. The van der Waals surface area contributed by atoms with Gasteiger partial charge in [0, 0.05) is 56.7 Å². The fraction of sp³-hybridized carbons (Fsp3) is 0.385. The molecule has 190 valence electrons. The van der Waals surface area contributed by atoms with Crippen molar-refractivity contribution in [3.05, 3.63) is 77.6 Å².